The number of hydrogen-bond donors (Lipinski definition) is 1. The maximum absolute atomic E-state index is 3.84. The molecular weight excluding hydrogens is 238 g/mol. The van der Waals surface area contributed by atoms with Crippen LogP contribution in [0.15, 0.2) is 35.3 Å². The Morgan fingerprint density at radius 1 is 1.50 bits per heavy atom. The average Bonchev–Trinajstić information content (AvgIpc) is 2.12. The number of nitrogens with one attached hydrogen (secondary N) is 1. The molecule has 0 radical (unpaired) electrons. The maximum atomic E-state index is 3.84. The Labute approximate surface area is 94.3 Å². The predicted octanol–water partition coefficient (Wildman–Crippen LogP) is 3.59. The minimum Gasteiger partial charge on any atom is -0.307 e. The number of halogens is 1. The zero-order valence-electron chi connectivity index (χ0n) is 8.68. The third kappa shape index (κ3) is 2.96. The molecule has 1 aromatic carbocycles. The molecule has 14 heavy (non-hydrogen) atoms. The molecule has 1 aromatic rings. The van der Waals surface area contributed by atoms with Crippen LogP contribution in [0.4, 0.5) is 0 Å². The van der Waals surface area contributed by atoms with Crippen LogP contribution in [-0.2, 0) is 0 Å². The Kier molecular flexibility index (Phi) is 4.36. The van der Waals surface area contributed by atoms with Crippen molar-refractivity contribution in [1.29, 1.82) is 0 Å². The molecule has 0 saturated carbocycles. The van der Waals surface area contributed by atoms with Gasteiger partial charge >= 0.3 is 0 Å². The van der Waals surface area contributed by atoms with E-state index < -0.39 is 0 Å². The first-order valence-corrected chi connectivity index (χ1v) is 5.59. The molecule has 76 valence electrons. The van der Waals surface area contributed by atoms with E-state index >= 15 is 0 Å². The Morgan fingerprint density at radius 3 is 2.71 bits per heavy atom. The predicted molar refractivity (Wildman–Crippen MR) is 65.5 cm³/mol. The fourth-order valence-corrected chi connectivity index (χ4v) is 2.13. The number of aryl methyl sites for hydroxylation is 1. The Morgan fingerprint density at radius 2 is 2.21 bits per heavy atom. The van der Waals surface area contributed by atoms with E-state index in [1.807, 2.05) is 6.08 Å². The lowest BCUT2D eigenvalue weighted by atomic mass is 10.0. The lowest BCUT2D eigenvalue weighted by Gasteiger charge is -2.14. The topological polar surface area (TPSA) is 12.0 Å². The maximum Gasteiger partial charge on any atom is 0.0504 e. The zero-order valence-corrected chi connectivity index (χ0v) is 10.3. The number of rotatable bonds is 4. The summed E-state index contributed by atoms with van der Waals surface area (Å²) in [4.78, 5) is 0. The molecule has 1 rings (SSSR count). The normalized spacial score (nSPS) is 12.5. The lowest BCUT2D eigenvalue weighted by Crippen LogP contribution is -2.18. The highest BCUT2D eigenvalue weighted by Crippen LogP contribution is 2.21. The molecule has 1 nitrogen and oxygen atoms in total. The molecule has 0 heterocycles. The van der Waals surface area contributed by atoms with Crippen LogP contribution in [0.1, 0.15) is 24.1 Å². The van der Waals surface area contributed by atoms with E-state index in [4.69, 9.17) is 0 Å². The molecule has 0 amide bonds. The van der Waals surface area contributed by atoms with Crippen molar-refractivity contribution in [2.45, 2.75) is 19.9 Å². The molecule has 0 fully saturated rings. The number of hydrogen-bond acceptors (Lipinski definition) is 1. The van der Waals surface area contributed by atoms with Gasteiger partial charge in [0.1, 0.15) is 0 Å². The van der Waals surface area contributed by atoms with Gasteiger partial charge in [0, 0.05) is 4.47 Å². The summed E-state index contributed by atoms with van der Waals surface area (Å²) >= 11 is 3.50. The summed E-state index contributed by atoms with van der Waals surface area (Å²) in [5, 5.41) is 3.36. The van der Waals surface area contributed by atoms with Crippen LogP contribution in [0.3, 0.4) is 0 Å². The largest absolute Gasteiger partial charge is 0.307 e. The molecular formula is C12H16BrN. The first-order chi connectivity index (χ1) is 6.67. The molecule has 0 saturated heterocycles. The van der Waals surface area contributed by atoms with Crippen LogP contribution in [0, 0.1) is 6.92 Å². The van der Waals surface area contributed by atoms with Crippen LogP contribution in [0.5, 0.6) is 0 Å². The smallest absolute Gasteiger partial charge is 0.0504 e. The second-order valence-corrected chi connectivity index (χ2v) is 4.25. The van der Waals surface area contributed by atoms with Gasteiger partial charge in [-0.05, 0) is 36.7 Å². The van der Waals surface area contributed by atoms with E-state index in [9.17, 15) is 0 Å². The van der Waals surface area contributed by atoms with Crippen molar-refractivity contribution in [2.24, 2.45) is 0 Å². The first-order valence-electron chi connectivity index (χ1n) is 4.80. The molecule has 0 aliphatic rings. The SMILES string of the molecule is C=CC(NCC)c1cc(C)cc(Br)c1. The van der Waals surface area contributed by atoms with E-state index in [1.165, 1.54) is 11.1 Å². The monoisotopic (exact) mass is 253 g/mol. The van der Waals surface area contributed by atoms with Crippen molar-refractivity contribution in [2.75, 3.05) is 6.54 Å². The minimum absolute atomic E-state index is 0.246. The van der Waals surface area contributed by atoms with E-state index in [-0.39, 0.29) is 6.04 Å². The summed E-state index contributed by atoms with van der Waals surface area (Å²) in [7, 11) is 0. The molecule has 0 spiro atoms. The fraction of sp³-hybridized carbons (Fsp3) is 0.333. The van der Waals surface area contributed by atoms with E-state index in [1.54, 1.807) is 0 Å². The molecule has 0 aliphatic heterocycles. The van der Waals surface area contributed by atoms with Gasteiger partial charge in [-0.25, -0.2) is 0 Å². The average molecular weight is 254 g/mol. The van der Waals surface area contributed by atoms with E-state index in [0.717, 1.165) is 11.0 Å². The van der Waals surface area contributed by atoms with E-state index in [2.05, 4.69) is 59.9 Å². The van der Waals surface area contributed by atoms with Crippen LogP contribution in [0.2, 0.25) is 0 Å². The summed E-state index contributed by atoms with van der Waals surface area (Å²) in [5.41, 5.74) is 2.52. The number of benzene rings is 1. The number of likely N-dealkylation sites (N-methyl/N-ethyl adjacent to an activating group) is 1. The molecule has 0 aliphatic carbocycles. The molecule has 1 atom stereocenters. The van der Waals surface area contributed by atoms with Crippen molar-refractivity contribution in [3.8, 4) is 0 Å². The van der Waals surface area contributed by atoms with Crippen LogP contribution in [0.25, 0.3) is 0 Å². The minimum atomic E-state index is 0.246. The van der Waals surface area contributed by atoms with Gasteiger partial charge in [-0.3, -0.25) is 0 Å². The van der Waals surface area contributed by atoms with Gasteiger partial charge in [0.2, 0.25) is 0 Å². The molecule has 2 heteroatoms. The summed E-state index contributed by atoms with van der Waals surface area (Å²) < 4.78 is 1.12. The van der Waals surface area contributed by atoms with Gasteiger partial charge in [-0.1, -0.05) is 35.0 Å². The zero-order chi connectivity index (χ0) is 10.6. The van der Waals surface area contributed by atoms with Crippen molar-refractivity contribution >= 4 is 15.9 Å². The fourth-order valence-electron chi connectivity index (χ4n) is 1.50. The second kappa shape index (κ2) is 5.32. The Hall–Kier alpha value is -0.600. The summed E-state index contributed by atoms with van der Waals surface area (Å²) in [5.74, 6) is 0. The van der Waals surface area contributed by atoms with Gasteiger partial charge < -0.3 is 5.32 Å². The van der Waals surface area contributed by atoms with Gasteiger partial charge in [0.15, 0.2) is 0 Å². The molecule has 1 unspecified atom stereocenters. The lowest BCUT2D eigenvalue weighted by molar-refractivity contribution is 0.648. The van der Waals surface area contributed by atoms with Gasteiger partial charge in [0.05, 0.1) is 6.04 Å². The van der Waals surface area contributed by atoms with Crippen molar-refractivity contribution in [3.05, 3.63) is 46.5 Å². The highest BCUT2D eigenvalue weighted by Gasteiger charge is 2.06. The Bertz CT molecular complexity index is 300. The van der Waals surface area contributed by atoms with Gasteiger partial charge in [-0.2, -0.15) is 0 Å². The van der Waals surface area contributed by atoms with Crippen molar-refractivity contribution in [1.82, 2.24) is 5.32 Å². The summed E-state index contributed by atoms with van der Waals surface area (Å²) in [6.45, 7) is 8.98. The van der Waals surface area contributed by atoms with Gasteiger partial charge in [-0.15, -0.1) is 6.58 Å². The van der Waals surface area contributed by atoms with Crippen molar-refractivity contribution < 1.29 is 0 Å². The van der Waals surface area contributed by atoms with E-state index in [0.29, 0.717) is 0 Å². The summed E-state index contributed by atoms with van der Waals surface area (Å²) in [6, 6.07) is 6.66. The van der Waals surface area contributed by atoms with Gasteiger partial charge in [0.25, 0.3) is 0 Å². The second-order valence-electron chi connectivity index (χ2n) is 3.33. The first kappa shape index (κ1) is 11.5. The molecule has 1 N–H and O–H groups in total. The van der Waals surface area contributed by atoms with Crippen molar-refractivity contribution in [3.63, 3.8) is 0 Å². The van der Waals surface area contributed by atoms with Crippen LogP contribution >= 0.6 is 15.9 Å². The molecule has 0 aromatic heterocycles. The van der Waals surface area contributed by atoms with Crippen LogP contribution < -0.4 is 5.32 Å². The molecule has 0 bridgehead atoms. The standard InChI is InChI=1S/C12H16BrN/c1-4-12(14-5-2)10-6-9(3)7-11(13)8-10/h4,6-8,12,14H,1,5H2,2-3H3. The quantitative estimate of drug-likeness (QED) is 0.809. The highest BCUT2D eigenvalue weighted by atomic mass is 79.9. The summed E-state index contributed by atoms with van der Waals surface area (Å²) in [6.07, 6.45) is 1.94. The Balaban J connectivity index is 2.97. The third-order valence-corrected chi connectivity index (χ3v) is 2.54. The van der Waals surface area contributed by atoms with Crippen LogP contribution in [-0.4, -0.2) is 6.54 Å². The highest BCUT2D eigenvalue weighted by molar-refractivity contribution is 9.10. The third-order valence-electron chi connectivity index (χ3n) is 2.08.